The topological polar surface area (TPSA) is 91.0 Å². The summed E-state index contributed by atoms with van der Waals surface area (Å²) in [5.74, 6) is 1.58. The van der Waals surface area contributed by atoms with Gasteiger partial charge in [-0.3, -0.25) is 4.98 Å². The Morgan fingerprint density at radius 1 is 0.373 bits per heavy atom. The van der Waals surface area contributed by atoms with E-state index in [1.165, 1.54) is 0 Å². The molecule has 6 aromatic carbocycles. The lowest BCUT2D eigenvalue weighted by Gasteiger charge is -2.11. The molecule has 0 spiro atoms. The molecule has 0 fully saturated rings. The molecule has 0 aliphatic heterocycles. The molecule has 0 aliphatic rings. The monoisotopic (exact) mass is 656 g/mol. The average molecular weight is 657 g/mol. The van der Waals surface area contributed by atoms with Crippen LogP contribution in [0.1, 0.15) is 0 Å². The fourth-order valence-electron chi connectivity index (χ4n) is 7.25. The summed E-state index contributed by atoms with van der Waals surface area (Å²) in [6, 6.07) is 44.7. The minimum atomic E-state index is 0.523. The van der Waals surface area contributed by atoms with E-state index in [-0.39, 0.29) is 0 Å². The molecule has 51 heavy (non-hydrogen) atoms. The van der Waals surface area contributed by atoms with Gasteiger partial charge in [0.15, 0.2) is 17.5 Å². The van der Waals surface area contributed by atoms with E-state index >= 15 is 0 Å². The number of rotatable bonds is 4. The van der Waals surface area contributed by atoms with Crippen molar-refractivity contribution in [2.24, 2.45) is 0 Å². The van der Waals surface area contributed by atoms with Crippen LogP contribution >= 0.6 is 0 Å². The molecular weight excluding hydrogens is 633 g/mol. The van der Waals surface area contributed by atoms with E-state index < -0.39 is 0 Å². The van der Waals surface area contributed by atoms with Crippen molar-refractivity contribution in [3.05, 3.63) is 146 Å². The van der Waals surface area contributed by atoms with Gasteiger partial charge >= 0.3 is 0 Å². The highest BCUT2D eigenvalue weighted by Gasteiger charge is 2.22. The van der Waals surface area contributed by atoms with E-state index in [9.17, 15) is 0 Å². The molecule has 0 radical (unpaired) electrons. The van der Waals surface area contributed by atoms with Crippen LogP contribution in [0, 0.1) is 0 Å². The maximum Gasteiger partial charge on any atom is 0.165 e. The van der Waals surface area contributed by atoms with Gasteiger partial charge in [-0.05, 0) is 72.3 Å². The quantitative estimate of drug-likeness (QED) is 0.186. The van der Waals surface area contributed by atoms with Crippen LogP contribution in [-0.2, 0) is 0 Å². The summed E-state index contributed by atoms with van der Waals surface area (Å²) in [5.41, 5.74) is 9.31. The van der Waals surface area contributed by atoms with E-state index in [1.54, 1.807) is 12.4 Å². The fourth-order valence-corrected chi connectivity index (χ4v) is 7.25. The van der Waals surface area contributed by atoms with Crippen molar-refractivity contribution in [2.45, 2.75) is 0 Å². The summed E-state index contributed by atoms with van der Waals surface area (Å²) < 4.78 is 19.0. The second kappa shape index (κ2) is 10.7. The van der Waals surface area contributed by atoms with Crippen LogP contribution in [0.4, 0.5) is 0 Å². The zero-order valence-corrected chi connectivity index (χ0v) is 26.9. The Hall–Kier alpha value is -7.12. The summed E-state index contributed by atoms with van der Waals surface area (Å²) in [6.45, 7) is 0. The van der Waals surface area contributed by atoms with E-state index in [0.717, 1.165) is 93.6 Å². The number of hydrogen-bond acceptors (Lipinski definition) is 7. The normalized spacial score (nSPS) is 11.9. The van der Waals surface area contributed by atoms with Crippen molar-refractivity contribution < 1.29 is 13.3 Å². The number of fused-ring (bicyclic) bond motifs is 9. The van der Waals surface area contributed by atoms with E-state index in [2.05, 4.69) is 53.5 Å². The molecule has 0 atom stereocenters. The Morgan fingerprint density at radius 3 is 1.76 bits per heavy atom. The molecule has 0 amide bonds. The molecular formula is C44H24N4O3. The van der Waals surface area contributed by atoms with Gasteiger partial charge < -0.3 is 13.3 Å². The first-order chi connectivity index (χ1) is 25.2. The van der Waals surface area contributed by atoms with Crippen molar-refractivity contribution >= 4 is 65.8 Å². The van der Waals surface area contributed by atoms with Gasteiger partial charge in [-0.2, -0.15) is 0 Å². The van der Waals surface area contributed by atoms with Crippen molar-refractivity contribution in [2.75, 3.05) is 0 Å². The molecule has 0 saturated heterocycles. The largest absolute Gasteiger partial charge is 0.456 e. The minimum Gasteiger partial charge on any atom is -0.456 e. The smallest absolute Gasteiger partial charge is 0.165 e. The average Bonchev–Trinajstić information content (AvgIpc) is 3.89. The van der Waals surface area contributed by atoms with Gasteiger partial charge in [-0.1, -0.05) is 66.7 Å². The molecule has 11 rings (SSSR count). The van der Waals surface area contributed by atoms with Gasteiger partial charge in [0, 0.05) is 67.0 Å². The number of benzene rings is 6. The molecule has 0 aliphatic carbocycles. The third-order valence-corrected chi connectivity index (χ3v) is 9.65. The van der Waals surface area contributed by atoms with Crippen molar-refractivity contribution in [3.8, 4) is 45.3 Å². The first-order valence-electron chi connectivity index (χ1n) is 16.7. The fraction of sp³-hybridized carbons (Fsp3) is 0. The van der Waals surface area contributed by atoms with Crippen LogP contribution in [0.25, 0.3) is 111 Å². The standard InChI is InChI=1S/C44H24N4O3/c1-4-12-35-29(9-1)31-17-15-26(23-39(31)50-35)42-46-43(27-8-7-21-45-24-27)48-44(47-42)33-19-18-28(41-40(33)32-11-3-6-14-37(32)51-41)25-16-20-38-34(22-25)30-10-2-5-13-36(30)49-38/h1-24H. The molecule has 5 heterocycles. The third kappa shape index (κ3) is 4.31. The maximum absolute atomic E-state index is 6.67. The molecule has 0 saturated carbocycles. The first-order valence-corrected chi connectivity index (χ1v) is 16.7. The highest BCUT2D eigenvalue weighted by atomic mass is 16.3. The van der Waals surface area contributed by atoms with Gasteiger partial charge in [-0.15, -0.1) is 0 Å². The van der Waals surface area contributed by atoms with Crippen molar-refractivity contribution in [3.63, 3.8) is 0 Å². The van der Waals surface area contributed by atoms with Crippen LogP contribution in [-0.4, -0.2) is 19.9 Å². The maximum atomic E-state index is 6.67. The number of para-hydroxylation sites is 3. The Labute approximate surface area is 289 Å². The lowest BCUT2D eigenvalue weighted by atomic mass is 9.97. The van der Waals surface area contributed by atoms with Gasteiger partial charge in [0.25, 0.3) is 0 Å². The second-order valence-electron chi connectivity index (χ2n) is 12.6. The summed E-state index contributed by atoms with van der Waals surface area (Å²) in [7, 11) is 0. The zero-order valence-electron chi connectivity index (χ0n) is 26.9. The molecule has 0 N–H and O–H groups in total. The predicted octanol–water partition coefficient (Wildman–Crippen LogP) is 11.6. The summed E-state index contributed by atoms with van der Waals surface area (Å²) >= 11 is 0. The Morgan fingerprint density at radius 2 is 0.980 bits per heavy atom. The summed E-state index contributed by atoms with van der Waals surface area (Å²) in [4.78, 5) is 19.5. The van der Waals surface area contributed by atoms with Crippen molar-refractivity contribution in [1.29, 1.82) is 0 Å². The van der Waals surface area contributed by atoms with Crippen LogP contribution in [0.3, 0.4) is 0 Å². The summed E-state index contributed by atoms with van der Waals surface area (Å²) in [6.07, 6.45) is 3.51. The summed E-state index contributed by atoms with van der Waals surface area (Å²) in [5, 5.41) is 6.16. The van der Waals surface area contributed by atoms with Crippen LogP contribution in [0.5, 0.6) is 0 Å². The second-order valence-corrected chi connectivity index (χ2v) is 12.6. The van der Waals surface area contributed by atoms with Crippen LogP contribution in [0.15, 0.2) is 159 Å². The lowest BCUT2D eigenvalue weighted by molar-refractivity contribution is 0.668. The van der Waals surface area contributed by atoms with E-state index in [4.69, 9.17) is 28.2 Å². The van der Waals surface area contributed by atoms with Gasteiger partial charge in [0.2, 0.25) is 0 Å². The van der Waals surface area contributed by atoms with Crippen LogP contribution in [0.2, 0.25) is 0 Å². The number of nitrogens with zero attached hydrogens (tertiary/aromatic N) is 4. The van der Waals surface area contributed by atoms with E-state index in [1.807, 2.05) is 84.9 Å². The molecule has 0 bridgehead atoms. The number of hydrogen-bond donors (Lipinski definition) is 0. The van der Waals surface area contributed by atoms with Crippen molar-refractivity contribution in [1.82, 2.24) is 19.9 Å². The first kappa shape index (κ1) is 27.8. The third-order valence-electron chi connectivity index (χ3n) is 9.65. The Kier molecular flexibility index (Phi) is 5.83. The van der Waals surface area contributed by atoms with Gasteiger partial charge in [0.1, 0.15) is 33.5 Å². The molecule has 7 heteroatoms. The predicted molar refractivity (Wildman–Crippen MR) is 201 cm³/mol. The minimum absolute atomic E-state index is 0.523. The number of furan rings is 3. The molecule has 238 valence electrons. The number of aromatic nitrogens is 4. The molecule has 5 aromatic heterocycles. The van der Waals surface area contributed by atoms with E-state index in [0.29, 0.717) is 17.5 Å². The Bertz CT molecular complexity index is 3160. The Balaban J connectivity index is 1.15. The van der Waals surface area contributed by atoms with Gasteiger partial charge in [0.05, 0.1) is 0 Å². The highest BCUT2D eigenvalue weighted by molar-refractivity contribution is 6.16. The van der Waals surface area contributed by atoms with Gasteiger partial charge in [-0.25, -0.2) is 15.0 Å². The lowest BCUT2D eigenvalue weighted by Crippen LogP contribution is -2.00. The number of pyridine rings is 1. The van der Waals surface area contributed by atoms with Crippen LogP contribution < -0.4 is 0 Å². The SMILES string of the molecule is c1cncc(-c2nc(-c3ccc4c(c3)oc3ccccc34)nc(-c3ccc(-c4ccc5oc6ccccc6c5c4)c4oc5ccccc5c34)n2)c1. The molecule has 7 nitrogen and oxygen atoms in total. The molecule has 0 unspecified atom stereocenters. The highest BCUT2D eigenvalue weighted by Crippen LogP contribution is 2.43. The molecule has 11 aromatic rings. The zero-order chi connectivity index (χ0) is 33.5.